The SMILES string of the molecule is COC1CN[C@H](COC2CCC(C)CC2)C1. The van der Waals surface area contributed by atoms with Crippen LogP contribution in [0.3, 0.4) is 0 Å². The van der Waals surface area contributed by atoms with E-state index in [0.29, 0.717) is 18.2 Å². The summed E-state index contributed by atoms with van der Waals surface area (Å²) >= 11 is 0. The van der Waals surface area contributed by atoms with Crippen molar-refractivity contribution < 1.29 is 9.47 Å². The third kappa shape index (κ3) is 3.44. The molecule has 0 amide bonds. The molecule has 1 N–H and O–H groups in total. The van der Waals surface area contributed by atoms with Crippen LogP contribution in [0.1, 0.15) is 39.0 Å². The topological polar surface area (TPSA) is 30.5 Å². The molecule has 3 heteroatoms. The van der Waals surface area contributed by atoms with Crippen LogP contribution in [0.5, 0.6) is 0 Å². The Hall–Kier alpha value is -0.120. The normalized spacial score (nSPS) is 40.1. The number of hydrogen-bond acceptors (Lipinski definition) is 3. The highest BCUT2D eigenvalue weighted by atomic mass is 16.5. The van der Waals surface area contributed by atoms with E-state index in [1.807, 2.05) is 0 Å². The van der Waals surface area contributed by atoms with Crippen molar-refractivity contribution in [1.29, 1.82) is 0 Å². The number of ether oxygens (including phenoxy) is 2. The Labute approximate surface area is 98.9 Å². The second-order valence-corrected chi connectivity index (χ2v) is 5.41. The van der Waals surface area contributed by atoms with Gasteiger partial charge < -0.3 is 14.8 Å². The third-order valence-electron chi connectivity index (χ3n) is 4.01. The van der Waals surface area contributed by atoms with Crippen LogP contribution in [0.25, 0.3) is 0 Å². The van der Waals surface area contributed by atoms with Gasteiger partial charge in [0, 0.05) is 19.7 Å². The molecule has 1 aliphatic heterocycles. The highest BCUT2D eigenvalue weighted by molar-refractivity contribution is 4.82. The van der Waals surface area contributed by atoms with E-state index in [4.69, 9.17) is 9.47 Å². The molecular formula is C13H25NO2. The maximum atomic E-state index is 5.99. The molecule has 1 saturated carbocycles. The molecule has 0 radical (unpaired) electrons. The largest absolute Gasteiger partial charge is 0.380 e. The summed E-state index contributed by atoms with van der Waals surface area (Å²) in [6, 6.07) is 0.504. The molecule has 0 bridgehead atoms. The van der Waals surface area contributed by atoms with Crippen molar-refractivity contribution >= 4 is 0 Å². The zero-order valence-corrected chi connectivity index (χ0v) is 10.6. The average Bonchev–Trinajstić information content (AvgIpc) is 2.76. The molecule has 0 aromatic rings. The average molecular weight is 227 g/mol. The van der Waals surface area contributed by atoms with Crippen LogP contribution in [0.2, 0.25) is 0 Å². The van der Waals surface area contributed by atoms with Crippen LogP contribution < -0.4 is 5.32 Å². The van der Waals surface area contributed by atoms with E-state index in [1.54, 1.807) is 7.11 Å². The molecule has 1 aliphatic carbocycles. The van der Waals surface area contributed by atoms with E-state index in [9.17, 15) is 0 Å². The van der Waals surface area contributed by atoms with Gasteiger partial charge in [0.25, 0.3) is 0 Å². The first-order valence-corrected chi connectivity index (χ1v) is 6.65. The van der Waals surface area contributed by atoms with E-state index in [1.165, 1.54) is 25.7 Å². The second kappa shape index (κ2) is 5.99. The smallest absolute Gasteiger partial charge is 0.0711 e. The van der Waals surface area contributed by atoms with Gasteiger partial charge in [-0.1, -0.05) is 6.92 Å². The van der Waals surface area contributed by atoms with Crippen LogP contribution in [0.15, 0.2) is 0 Å². The minimum Gasteiger partial charge on any atom is -0.380 e. The van der Waals surface area contributed by atoms with E-state index in [0.717, 1.165) is 25.5 Å². The van der Waals surface area contributed by atoms with Crippen LogP contribution in [0.4, 0.5) is 0 Å². The number of hydrogen-bond donors (Lipinski definition) is 1. The highest BCUT2D eigenvalue weighted by Gasteiger charge is 2.25. The molecule has 1 saturated heterocycles. The third-order valence-corrected chi connectivity index (χ3v) is 4.01. The minimum atomic E-state index is 0.389. The molecule has 2 atom stereocenters. The van der Waals surface area contributed by atoms with Gasteiger partial charge in [0.1, 0.15) is 0 Å². The summed E-state index contributed by atoms with van der Waals surface area (Å²) in [5.41, 5.74) is 0. The van der Waals surface area contributed by atoms with Gasteiger partial charge in [0.15, 0.2) is 0 Å². The van der Waals surface area contributed by atoms with Gasteiger partial charge in [-0.3, -0.25) is 0 Å². The van der Waals surface area contributed by atoms with Crippen LogP contribution in [-0.4, -0.2) is 38.5 Å². The number of rotatable bonds is 4. The molecule has 0 aromatic carbocycles. The first-order chi connectivity index (χ1) is 7.78. The molecule has 94 valence electrons. The van der Waals surface area contributed by atoms with Crippen LogP contribution in [0, 0.1) is 5.92 Å². The summed E-state index contributed by atoms with van der Waals surface area (Å²) < 4.78 is 11.3. The number of nitrogens with one attached hydrogen (secondary N) is 1. The summed E-state index contributed by atoms with van der Waals surface area (Å²) in [6.45, 7) is 4.18. The van der Waals surface area contributed by atoms with Crippen molar-refractivity contribution in [2.75, 3.05) is 20.3 Å². The molecule has 0 spiro atoms. The Morgan fingerprint density at radius 1 is 1.12 bits per heavy atom. The summed E-state index contributed by atoms with van der Waals surface area (Å²) in [6.07, 6.45) is 7.18. The lowest BCUT2D eigenvalue weighted by Gasteiger charge is -2.27. The van der Waals surface area contributed by atoms with Crippen molar-refractivity contribution in [3.05, 3.63) is 0 Å². The molecule has 0 aromatic heterocycles. The fraction of sp³-hybridized carbons (Fsp3) is 1.00. The fourth-order valence-electron chi connectivity index (χ4n) is 2.74. The van der Waals surface area contributed by atoms with Crippen LogP contribution in [-0.2, 0) is 9.47 Å². The van der Waals surface area contributed by atoms with Gasteiger partial charge in [-0.05, 0) is 38.0 Å². The predicted octanol–water partition coefficient (Wildman–Crippen LogP) is 1.96. The molecule has 16 heavy (non-hydrogen) atoms. The Kier molecular flexibility index (Phi) is 4.62. The minimum absolute atomic E-state index is 0.389. The van der Waals surface area contributed by atoms with E-state index in [2.05, 4.69) is 12.2 Å². The summed E-state index contributed by atoms with van der Waals surface area (Å²) in [7, 11) is 1.79. The Morgan fingerprint density at radius 2 is 1.88 bits per heavy atom. The molecule has 3 nitrogen and oxygen atoms in total. The standard InChI is InChI=1S/C13H25NO2/c1-10-3-5-12(6-4-10)16-9-11-7-13(15-2)8-14-11/h10-14H,3-9H2,1-2H3/t10?,11-,12?,13?/m0/s1. The maximum Gasteiger partial charge on any atom is 0.0711 e. The van der Waals surface area contributed by atoms with Gasteiger partial charge in [-0.2, -0.15) is 0 Å². The zero-order chi connectivity index (χ0) is 11.4. The summed E-state index contributed by atoms with van der Waals surface area (Å²) in [5, 5.41) is 3.46. The van der Waals surface area contributed by atoms with Crippen molar-refractivity contribution in [2.45, 2.75) is 57.3 Å². The summed E-state index contributed by atoms with van der Waals surface area (Å²) in [4.78, 5) is 0. The van der Waals surface area contributed by atoms with Gasteiger partial charge in [-0.25, -0.2) is 0 Å². The van der Waals surface area contributed by atoms with Crippen LogP contribution >= 0.6 is 0 Å². The molecule has 2 aliphatic rings. The first kappa shape index (κ1) is 12.3. The second-order valence-electron chi connectivity index (χ2n) is 5.41. The predicted molar refractivity (Wildman–Crippen MR) is 64.6 cm³/mol. The molecule has 2 rings (SSSR count). The Balaban J connectivity index is 1.61. The van der Waals surface area contributed by atoms with E-state index < -0.39 is 0 Å². The van der Waals surface area contributed by atoms with Gasteiger partial charge >= 0.3 is 0 Å². The maximum absolute atomic E-state index is 5.99. The van der Waals surface area contributed by atoms with Crippen molar-refractivity contribution in [3.63, 3.8) is 0 Å². The van der Waals surface area contributed by atoms with Gasteiger partial charge in [0.2, 0.25) is 0 Å². The Bertz CT molecular complexity index is 200. The van der Waals surface area contributed by atoms with Crippen molar-refractivity contribution in [3.8, 4) is 0 Å². The van der Waals surface area contributed by atoms with Gasteiger partial charge in [-0.15, -0.1) is 0 Å². The lowest BCUT2D eigenvalue weighted by atomic mass is 9.89. The van der Waals surface area contributed by atoms with Gasteiger partial charge in [0.05, 0.1) is 18.8 Å². The first-order valence-electron chi connectivity index (χ1n) is 6.65. The van der Waals surface area contributed by atoms with Crippen molar-refractivity contribution in [2.24, 2.45) is 5.92 Å². The van der Waals surface area contributed by atoms with E-state index in [-0.39, 0.29) is 0 Å². The quantitative estimate of drug-likeness (QED) is 0.796. The lowest BCUT2D eigenvalue weighted by molar-refractivity contribution is 0.00848. The molecule has 1 heterocycles. The molecule has 1 unspecified atom stereocenters. The van der Waals surface area contributed by atoms with Crippen molar-refractivity contribution in [1.82, 2.24) is 5.32 Å². The lowest BCUT2D eigenvalue weighted by Crippen LogP contribution is -2.30. The highest BCUT2D eigenvalue weighted by Crippen LogP contribution is 2.25. The molecule has 2 fully saturated rings. The summed E-state index contributed by atoms with van der Waals surface area (Å²) in [5.74, 6) is 0.905. The zero-order valence-electron chi connectivity index (χ0n) is 10.6. The number of methoxy groups -OCH3 is 1. The monoisotopic (exact) mass is 227 g/mol. The molecular weight excluding hydrogens is 202 g/mol. The van der Waals surface area contributed by atoms with E-state index >= 15 is 0 Å². The fourth-order valence-corrected chi connectivity index (χ4v) is 2.74. The Morgan fingerprint density at radius 3 is 2.50 bits per heavy atom.